The van der Waals surface area contributed by atoms with E-state index in [9.17, 15) is 4.79 Å². The predicted octanol–water partition coefficient (Wildman–Crippen LogP) is 2.74. The monoisotopic (exact) mass is 266 g/mol. The van der Waals surface area contributed by atoms with E-state index < -0.39 is 0 Å². The molecule has 1 aliphatic rings. The molecule has 18 heavy (non-hydrogen) atoms. The molecular formula is C14H22N2OS. The number of nitrogens with one attached hydrogen (secondary N) is 1. The Morgan fingerprint density at radius 1 is 1.56 bits per heavy atom. The molecule has 3 nitrogen and oxygen atoms in total. The summed E-state index contributed by atoms with van der Waals surface area (Å²) in [6.45, 7) is 6.09. The fourth-order valence-corrected chi connectivity index (χ4v) is 3.03. The zero-order chi connectivity index (χ0) is 13.0. The quantitative estimate of drug-likeness (QED) is 0.909. The van der Waals surface area contributed by atoms with E-state index in [0.717, 1.165) is 18.7 Å². The first-order valence-electron chi connectivity index (χ1n) is 6.75. The number of piperidine rings is 1. The second kappa shape index (κ2) is 6.34. The van der Waals surface area contributed by atoms with Gasteiger partial charge in [-0.2, -0.15) is 11.3 Å². The van der Waals surface area contributed by atoms with Crippen LogP contribution in [0.3, 0.4) is 0 Å². The van der Waals surface area contributed by atoms with Crippen LogP contribution in [0.4, 0.5) is 0 Å². The largest absolute Gasteiger partial charge is 0.335 e. The second-order valence-corrected chi connectivity index (χ2v) is 5.99. The molecule has 1 aliphatic heterocycles. The number of thiophene rings is 1. The van der Waals surface area contributed by atoms with Crippen molar-refractivity contribution in [2.75, 3.05) is 13.1 Å². The molecule has 1 amide bonds. The molecule has 0 aromatic carbocycles. The molecular weight excluding hydrogens is 244 g/mol. The van der Waals surface area contributed by atoms with Crippen molar-refractivity contribution in [2.45, 2.75) is 45.2 Å². The van der Waals surface area contributed by atoms with Gasteiger partial charge in [-0.3, -0.25) is 4.79 Å². The summed E-state index contributed by atoms with van der Waals surface area (Å²) >= 11 is 1.58. The number of hydrogen-bond acceptors (Lipinski definition) is 3. The van der Waals surface area contributed by atoms with Crippen molar-refractivity contribution >= 4 is 17.2 Å². The number of hydrogen-bond donors (Lipinski definition) is 1. The number of carbonyl (C=O) groups is 1. The summed E-state index contributed by atoms with van der Waals surface area (Å²) in [4.78, 5) is 14.4. The lowest BCUT2D eigenvalue weighted by atomic mass is 10.0. The molecule has 0 spiro atoms. The van der Waals surface area contributed by atoms with Crippen molar-refractivity contribution in [2.24, 2.45) is 0 Å². The van der Waals surface area contributed by atoms with Crippen LogP contribution >= 0.6 is 11.3 Å². The van der Waals surface area contributed by atoms with Crippen LogP contribution in [0, 0.1) is 0 Å². The predicted molar refractivity (Wildman–Crippen MR) is 76.1 cm³/mol. The molecule has 1 aromatic rings. The highest BCUT2D eigenvalue weighted by molar-refractivity contribution is 7.08. The molecule has 0 radical (unpaired) electrons. The standard InChI is InChI=1S/C14H22N2OS/c1-11(2)16(9-13-5-3-4-7-15-13)14(17)12-6-8-18-10-12/h6,8,10-11,13,15H,3-5,7,9H2,1-2H3. The van der Waals surface area contributed by atoms with E-state index in [2.05, 4.69) is 19.2 Å². The van der Waals surface area contributed by atoms with Crippen molar-refractivity contribution in [3.05, 3.63) is 22.4 Å². The maximum Gasteiger partial charge on any atom is 0.254 e. The van der Waals surface area contributed by atoms with Gasteiger partial charge in [0.2, 0.25) is 0 Å². The molecule has 1 N–H and O–H groups in total. The smallest absolute Gasteiger partial charge is 0.254 e. The van der Waals surface area contributed by atoms with Crippen LogP contribution in [0.15, 0.2) is 16.8 Å². The summed E-state index contributed by atoms with van der Waals surface area (Å²) < 4.78 is 0. The minimum Gasteiger partial charge on any atom is -0.335 e. The molecule has 2 heterocycles. The summed E-state index contributed by atoms with van der Waals surface area (Å²) in [5, 5.41) is 7.41. The lowest BCUT2D eigenvalue weighted by Crippen LogP contribution is -2.48. The van der Waals surface area contributed by atoms with Crippen LogP contribution in [-0.2, 0) is 0 Å². The van der Waals surface area contributed by atoms with Gasteiger partial charge in [-0.15, -0.1) is 0 Å². The van der Waals surface area contributed by atoms with E-state index in [0.29, 0.717) is 6.04 Å². The van der Waals surface area contributed by atoms with Crippen molar-refractivity contribution in [1.29, 1.82) is 0 Å². The van der Waals surface area contributed by atoms with E-state index in [1.54, 1.807) is 11.3 Å². The van der Waals surface area contributed by atoms with Gasteiger partial charge in [-0.05, 0) is 44.7 Å². The summed E-state index contributed by atoms with van der Waals surface area (Å²) in [6, 6.07) is 2.63. The van der Waals surface area contributed by atoms with Crippen LogP contribution in [0.5, 0.6) is 0 Å². The summed E-state index contributed by atoms with van der Waals surface area (Å²) in [6.07, 6.45) is 3.72. The third kappa shape index (κ3) is 3.33. The molecule has 0 aliphatic carbocycles. The maximum atomic E-state index is 12.4. The van der Waals surface area contributed by atoms with Crippen LogP contribution in [0.2, 0.25) is 0 Å². The van der Waals surface area contributed by atoms with Crippen molar-refractivity contribution in [3.8, 4) is 0 Å². The number of rotatable bonds is 4. The van der Waals surface area contributed by atoms with Crippen LogP contribution in [0.25, 0.3) is 0 Å². The summed E-state index contributed by atoms with van der Waals surface area (Å²) in [5.74, 6) is 0.165. The van der Waals surface area contributed by atoms with Gasteiger partial charge in [-0.1, -0.05) is 6.42 Å². The summed E-state index contributed by atoms with van der Waals surface area (Å²) in [7, 11) is 0. The van der Waals surface area contributed by atoms with Crippen molar-refractivity contribution in [1.82, 2.24) is 10.2 Å². The minimum atomic E-state index is 0.165. The number of carbonyl (C=O) groups excluding carboxylic acids is 1. The average molecular weight is 266 g/mol. The number of nitrogens with zero attached hydrogens (tertiary/aromatic N) is 1. The molecule has 0 saturated carbocycles. The molecule has 1 unspecified atom stereocenters. The molecule has 100 valence electrons. The summed E-state index contributed by atoms with van der Waals surface area (Å²) in [5.41, 5.74) is 0.824. The maximum absolute atomic E-state index is 12.4. The molecule has 1 saturated heterocycles. The van der Waals surface area contributed by atoms with E-state index in [-0.39, 0.29) is 11.9 Å². The SMILES string of the molecule is CC(C)N(CC1CCCCN1)C(=O)c1ccsc1. The number of amides is 1. The van der Waals surface area contributed by atoms with E-state index in [1.807, 2.05) is 21.7 Å². The van der Waals surface area contributed by atoms with Gasteiger partial charge < -0.3 is 10.2 Å². The van der Waals surface area contributed by atoms with Gasteiger partial charge in [0, 0.05) is 24.0 Å². The first-order chi connectivity index (χ1) is 8.68. The Labute approximate surface area is 113 Å². The van der Waals surface area contributed by atoms with E-state index in [4.69, 9.17) is 0 Å². The zero-order valence-corrected chi connectivity index (χ0v) is 12.0. The third-order valence-electron chi connectivity index (χ3n) is 3.48. The second-order valence-electron chi connectivity index (χ2n) is 5.21. The van der Waals surface area contributed by atoms with E-state index in [1.165, 1.54) is 19.3 Å². The Morgan fingerprint density at radius 3 is 2.94 bits per heavy atom. The van der Waals surface area contributed by atoms with Gasteiger partial charge in [0.25, 0.3) is 5.91 Å². The van der Waals surface area contributed by atoms with Crippen molar-refractivity contribution < 1.29 is 4.79 Å². The molecule has 1 atom stereocenters. The van der Waals surface area contributed by atoms with Crippen LogP contribution in [0.1, 0.15) is 43.5 Å². The highest BCUT2D eigenvalue weighted by Gasteiger charge is 2.23. The lowest BCUT2D eigenvalue weighted by molar-refractivity contribution is 0.0677. The van der Waals surface area contributed by atoms with Crippen LogP contribution in [-0.4, -0.2) is 36.0 Å². The topological polar surface area (TPSA) is 32.3 Å². The molecule has 1 fully saturated rings. The Bertz CT molecular complexity index is 369. The Balaban J connectivity index is 2.01. The Kier molecular flexibility index (Phi) is 4.78. The molecule has 1 aromatic heterocycles. The first kappa shape index (κ1) is 13.6. The Hall–Kier alpha value is -0.870. The lowest BCUT2D eigenvalue weighted by Gasteiger charge is -2.33. The first-order valence-corrected chi connectivity index (χ1v) is 7.69. The molecule has 2 rings (SSSR count). The van der Waals surface area contributed by atoms with Crippen molar-refractivity contribution in [3.63, 3.8) is 0 Å². The van der Waals surface area contributed by atoms with Gasteiger partial charge in [-0.25, -0.2) is 0 Å². The Morgan fingerprint density at radius 2 is 2.39 bits per heavy atom. The third-order valence-corrected chi connectivity index (χ3v) is 4.17. The van der Waals surface area contributed by atoms with Gasteiger partial charge in [0.1, 0.15) is 0 Å². The van der Waals surface area contributed by atoms with Gasteiger partial charge in [0.15, 0.2) is 0 Å². The molecule has 0 bridgehead atoms. The fourth-order valence-electron chi connectivity index (χ4n) is 2.40. The van der Waals surface area contributed by atoms with E-state index >= 15 is 0 Å². The highest BCUT2D eigenvalue weighted by Crippen LogP contribution is 2.15. The van der Waals surface area contributed by atoms with Gasteiger partial charge in [0.05, 0.1) is 5.56 Å². The molecule has 4 heteroatoms. The fraction of sp³-hybridized carbons (Fsp3) is 0.643. The minimum absolute atomic E-state index is 0.165. The average Bonchev–Trinajstić information content (AvgIpc) is 2.90. The van der Waals surface area contributed by atoms with Crippen LogP contribution < -0.4 is 5.32 Å². The zero-order valence-electron chi connectivity index (χ0n) is 11.2. The van der Waals surface area contributed by atoms with Gasteiger partial charge >= 0.3 is 0 Å². The normalized spacial score (nSPS) is 20.1. The highest BCUT2D eigenvalue weighted by atomic mass is 32.1.